The predicted molar refractivity (Wildman–Crippen MR) is 102 cm³/mol. The summed E-state index contributed by atoms with van der Waals surface area (Å²) >= 11 is 0. The minimum atomic E-state index is -0.391. The SMILES string of the molecule is COc1ccc(Cc2cccc(CN)c2)cc1-c1cccc([N+](=O)[O-])c1. The van der Waals surface area contributed by atoms with Crippen LogP contribution in [0.15, 0.2) is 66.7 Å². The quantitative estimate of drug-likeness (QED) is 0.531. The number of benzene rings is 3. The van der Waals surface area contributed by atoms with Gasteiger partial charge in [-0.05, 0) is 40.8 Å². The molecule has 0 aliphatic heterocycles. The Bertz CT molecular complexity index is 938. The van der Waals surface area contributed by atoms with Crippen molar-refractivity contribution < 1.29 is 9.66 Å². The van der Waals surface area contributed by atoms with Gasteiger partial charge in [-0.3, -0.25) is 10.1 Å². The van der Waals surface area contributed by atoms with Gasteiger partial charge in [-0.2, -0.15) is 0 Å². The monoisotopic (exact) mass is 348 g/mol. The molecule has 0 atom stereocenters. The first-order chi connectivity index (χ1) is 12.6. The van der Waals surface area contributed by atoms with Crippen molar-refractivity contribution >= 4 is 5.69 Å². The lowest BCUT2D eigenvalue weighted by molar-refractivity contribution is -0.384. The molecule has 3 aromatic rings. The molecule has 0 amide bonds. The van der Waals surface area contributed by atoms with Crippen LogP contribution in [0.4, 0.5) is 5.69 Å². The van der Waals surface area contributed by atoms with Crippen LogP contribution in [-0.4, -0.2) is 12.0 Å². The highest BCUT2D eigenvalue weighted by molar-refractivity contribution is 5.73. The van der Waals surface area contributed by atoms with E-state index in [1.54, 1.807) is 19.2 Å². The number of nitro benzene ring substituents is 1. The molecule has 3 rings (SSSR count). The first-order valence-electron chi connectivity index (χ1n) is 8.30. The summed E-state index contributed by atoms with van der Waals surface area (Å²) in [6.45, 7) is 0.509. The summed E-state index contributed by atoms with van der Waals surface area (Å²) in [5, 5.41) is 11.1. The third-order valence-electron chi connectivity index (χ3n) is 4.27. The van der Waals surface area contributed by atoms with Crippen molar-refractivity contribution in [1.82, 2.24) is 0 Å². The highest BCUT2D eigenvalue weighted by Crippen LogP contribution is 2.33. The number of ether oxygens (including phenoxy) is 1. The number of hydrogen-bond donors (Lipinski definition) is 1. The average Bonchev–Trinajstić information content (AvgIpc) is 2.68. The number of methoxy groups -OCH3 is 1. The van der Waals surface area contributed by atoms with Crippen LogP contribution in [0.3, 0.4) is 0 Å². The zero-order chi connectivity index (χ0) is 18.5. The number of nitro groups is 1. The fourth-order valence-corrected chi connectivity index (χ4v) is 2.98. The molecule has 0 fully saturated rings. The van der Waals surface area contributed by atoms with Gasteiger partial charge in [0.1, 0.15) is 5.75 Å². The Kier molecular flexibility index (Phi) is 5.29. The second-order valence-corrected chi connectivity index (χ2v) is 6.04. The fourth-order valence-electron chi connectivity index (χ4n) is 2.98. The van der Waals surface area contributed by atoms with E-state index >= 15 is 0 Å². The minimum Gasteiger partial charge on any atom is -0.496 e. The smallest absolute Gasteiger partial charge is 0.270 e. The topological polar surface area (TPSA) is 78.4 Å². The number of rotatable bonds is 6. The van der Waals surface area contributed by atoms with Crippen molar-refractivity contribution in [2.24, 2.45) is 5.73 Å². The molecule has 0 saturated carbocycles. The molecule has 0 bridgehead atoms. The van der Waals surface area contributed by atoms with Crippen LogP contribution in [0.5, 0.6) is 5.75 Å². The van der Waals surface area contributed by atoms with E-state index in [2.05, 4.69) is 12.1 Å². The summed E-state index contributed by atoms with van der Waals surface area (Å²) in [4.78, 5) is 10.7. The maximum Gasteiger partial charge on any atom is 0.270 e. The third-order valence-corrected chi connectivity index (χ3v) is 4.27. The van der Waals surface area contributed by atoms with Gasteiger partial charge in [0.2, 0.25) is 0 Å². The highest BCUT2D eigenvalue weighted by atomic mass is 16.6. The largest absolute Gasteiger partial charge is 0.496 e. The van der Waals surface area contributed by atoms with Crippen molar-refractivity contribution in [3.8, 4) is 16.9 Å². The maximum absolute atomic E-state index is 11.1. The van der Waals surface area contributed by atoms with Crippen molar-refractivity contribution in [2.45, 2.75) is 13.0 Å². The Balaban J connectivity index is 1.98. The molecular weight excluding hydrogens is 328 g/mol. The van der Waals surface area contributed by atoms with Crippen LogP contribution in [0.25, 0.3) is 11.1 Å². The van der Waals surface area contributed by atoms with Crippen molar-refractivity contribution in [2.75, 3.05) is 7.11 Å². The predicted octanol–water partition coefficient (Wildman–Crippen LogP) is 4.32. The number of non-ortho nitro benzene ring substituents is 1. The first kappa shape index (κ1) is 17.6. The van der Waals surface area contributed by atoms with E-state index in [0.717, 1.165) is 28.7 Å². The van der Waals surface area contributed by atoms with Gasteiger partial charge in [-0.1, -0.05) is 42.5 Å². The second kappa shape index (κ2) is 7.80. The van der Waals surface area contributed by atoms with Crippen LogP contribution in [0, 0.1) is 10.1 Å². The van der Waals surface area contributed by atoms with E-state index in [1.807, 2.05) is 36.4 Å². The normalized spacial score (nSPS) is 10.5. The summed E-state index contributed by atoms with van der Waals surface area (Å²) in [6, 6.07) is 20.7. The Hall–Kier alpha value is -3.18. The Morgan fingerprint density at radius 3 is 2.42 bits per heavy atom. The van der Waals surface area contributed by atoms with Crippen LogP contribution in [0.2, 0.25) is 0 Å². The molecule has 5 heteroatoms. The molecule has 0 aromatic heterocycles. The van der Waals surface area contributed by atoms with Gasteiger partial charge < -0.3 is 10.5 Å². The molecular formula is C21H20N2O3. The molecule has 3 aromatic carbocycles. The van der Waals surface area contributed by atoms with E-state index < -0.39 is 4.92 Å². The van der Waals surface area contributed by atoms with E-state index in [-0.39, 0.29) is 5.69 Å². The lowest BCUT2D eigenvalue weighted by Gasteiger charge is -2.12. The zero-order valence-corrected chi connectivity index (χ0v) is 14.5. The van der Waals surface area contributed by atoms with Crippen LogP contribution in [0.1, 0.15) is 16.7 Å². The standard InChI is InChI=1S/C21H20N2O3/c1-26-21-9-8-16(10-15-4-2-5-17(11-15)14-22)12-20(21)18-6-3-7-19(13-18)23(24)25/h2-9,11-13H,10,14,22H2,1H3. The highest BCUT2D eigenvalue weighted by Gasteiger charge is 2.12. The first-order valence-corrected chi connectivity index (χ1v) is 8.30. The summed E-state index contributed by atoms with van der Waals surface area (Å²) < 4.78 is 5.46. The van der Waals surface area contributed by atoms with E-state index in [4.69, 9.17) is 10.5 Å². The van der Waals surface area contributed by atoms with Crippen LogP contribution in [-0.2, 0) is 13.0 Å². The van der Waals surface area contributed by atoms with Gasteiger partial charge in [0.15, 0.2) is 0 Å². The van der Waals surface area contributed by atoms with Gasteiger partial charge in [-0.15, -0.1) is 0 Å². The average molecular weight is 348 g/mol. The number of hydrogen-bond acceptors (Lipinski definition) is 4. The lowest BCUT2D eigenvalue weighted by Crippen LogP contribution is -1.98. The molecule has 0 saturated heterocycles. The van der Waals surface area contributed by atoms with Crippen molar-refractivity contribution in [1.29, 1.82) is 0 Å². The molecule has 0 radical (unpaired) electrons. The van der Waals surface area contributed by atoms with Gasteiger partial charge in [0, 0.05) is 24.2 Å². The molecule has 26 heavy (non-hydrogen) atoms. The molecule has 0 heterocycles. The van der Waals surface area contributed by atoms with Gasteiger partial charge >= 0.3 is 0 Å². The van der Waals surface area contributed by atoms with Gasteiger partial charge in [0.05, 0.1) is 12.0 Å². The molecule has 0 spiro atoms. The van der Waals surface area contributed by atoms with Crippen LogP contribution >= 0.6 is 0 Å². The Morgan fingerprint density at radius 1 is 0.962 bits per heavy atom. The fraction of sp³-hybridized carbons (Fsp3) is 0.143. The Labute approximate surface area is 152 Å². The van der Waals surface area contributed by atoms with E-state index in [1.165, 1.54) is 11.6 Å². The molecule has 0 unspecified atom stereocenters. The second-order valence-electron chi connectivity index (χ2n) is 6.04. The molecule has 132 valence electrons. The maximum atomic E-state index is 11.1. The molecule has 0 aliphatic carbocycles. The molecule has 0 aliphatic rings. The van der Waals surface area contributed by atoms with E-state index in [0.29, 0.717) is 12.3 Å². The summed E-state index contributed by atoms with van der Waals surface area (Å²) in [5.74, 6) is 0.685. The van der Waals surface area contributed by atoms with Crippen molar-refractivity contribution in [3.05, 3.63) is 93.5 Å². The molecule has 2 N–H and O–H groups in total. The zero-order valence-electron chi connectivity index (χ0n) is 14.5. The number of nitrogens with zero attached hydrogens (tertiary/aromatic N) is 1. The Morgan fingerprint density at radius 2 is 1.69 bits per heavy atom. The lowest BCUT2D eigenvalue weighted by atomic mass is 9.97. The van der Waals surface area contributed by atoms with E-state index in [9.17, 15) is 10.1 Å². The minimum absolute atomic E-state index is 0.0607. The van der Waals surface area contributed by atoms with Gasteiger partial charge in [0.25, 0.3) is 5.69 Å². The summed E-state index contributed by atoms with van der Waals surface area (Å²) in [6.07, 6.45) is 0.750. The number of nitrogens with two attached hydrogens (primary N) is 1. The van der Waals surface area contributed by atoms with Crippen LogP contribution < -0.4 is 10.5 Å². The van der Waals surface area contributed by atoms with Crippen molar-refractivity contribution in [3.63, 3.8) is 0 Å². The third kappa shape index (κ3) is 3.90. The van der Waals surface area contributed by atoms with Gasteiger partial charge in [-0.25, -0.2) is 0 Å². The summed E-state index contributed by atoms with van der Waals surface area (Å²) in [7, 11) is 1.60. The molecule has 5 nitrogen and oxygen atoms in total. The summed E-state index contributed by atoms with van der Waals surface area (Å²) in [5.41, 5.74) is 10.7.